The molecule has 1 heterocycles. The van der Waals surface area contributed by atoms with Crippen molar-refractivity contribution in [2.45, 2.75) is 31.0 Å². The predicted octanol–water partition coefficient (Wildman–Crippen LogP) is 3.08. The molecule has 1 amide bonds. The van der Waals surface area contributed by atoms with Crippen molar-refractivity contribution in [1.82, 2.24) is 9.88 Å². The van der Waals surface area contributed by atoms with Gasteiger partial charge in [0.25, 0.3) is 0 Å². The summed E-state index contributed by atoms with van der Waals surface area (Å²) in [5.41, 5.74) is 0. The van der Waals surface area contributed by atoms with Crippen LogP contribution < -0.4 is 0 Å². The Balaban J connectivity index is 2.69. The average molecular weight is 273 g/mol. The number of rotatable bonds is 5. The van der Waals surface area contributed by atoms with Crippen LogP contribution in [0.15, 0.2) is 23.4 Å². The van der Waals surface area contributed by atoms with Crippen LogP contribution in [0.25, 0.3) is 0 Å². The summed E-state index contributed by atoms with van der Waals surface area (Å²) in [6, 6.07) is 3.56. The fraction of sp³-hybridized carbons (Fsp3) is 0.500. The van der Waals surface area contributed by atoms with Crippen LogP contribution in [-0.4, -0.2) is 34.1 Å². The average Bonchev–Trinajstić information content (AvgIpc) is 2.33. The lowest BCUT2D eigenvalue weighted by Gasteiger charge is -2.22. The number of amides is 1. The van der Waals surface area contributed by atoms with Crippen LogP contribution in [0, 0.1) is 0 Å². The highest BCUT2D eigenvalue weighted by Crippen LogP contribution is 2.28. The van der Waals surface area contributed by atoms with Crippen molar-refractivity contribution < 1.29 is 4.79 Å². The van der Waals surface area contributed by atoms with E-state index in [4.69, 9.17) is 11.6 Å². The van der Waals surface area contributed by atoms with E-state index >= 15 is 0 Å². The van der Waals surface area contributed by atoms with Crippen LogP contribution in [0.1, 0.15) is 20.8 Å². The standard InChI is InChI=1S/C12H17ClN2OS/c1-4-15(5-2)12(16)9(3)17-11-10(13)7-6-8-14-11/h6-9H,4-5H2,1-3H3. The number of carbonyl (C=O) groups is 1. The van der Waals surface area contributed by atoms with Gasteiger partial charge >= 0.3 is 0 Å². The summed E-state index contributed by atoms with van der Waals surface area (Å²) in [5.74, 6) is 0.127. The minimum absolute atomic E-state index is 0.127. The van der Waals surface area contributed by atoms with E-state index in [-0.39, 0.29) is 11.2 Å². The highest BCUT2D eigenvalue weighted by Gasteiger charge is 2.20. The zero-order valence-corrected chi connectivity index (χ0v) is 11.9. The highest BCUT2D eigenvalue weighted by atomic mass is 35.5. The fourth-order valence-corrected chi connectivity index (χ4v) is 2.61. The van der Waals surface area contributed by atoms with Crippen molar-refractivity contribution in [2.75, 3.05) is 13.1 Å². The largest absolute Gasteiger partial charge is 0.342 e. The summed E-state index contributed by atoms with van der Waals surface area (Å²) in [6.45, 7) is 7.31. The minimum atomic E-state index is -0.165. The molecular formula is C12H17ClN2OS. The molecule has 1 aromatic heterocycles. The minimum Gasteiger partial charge on any atom is -0.342 e. The van der Waals surface area contributed by atoms with Gasteiger partial charge in [-0.3, -0.25) is 4.79 Å². The lowest BCUT2D eigenvalue weighted by Crippen LogP contribution is -2.36. The molecule has 0 aliphatic heterocycles. The normalized spacial score (nSPS) is 12.2. The molecule has 0 fully saturated rings. The SMILES string of the molecule is CCN(CC)C(=O)C(C)Sc1ncccc1Cl. The second-order valence-corrected chi connectivity index (χ2v) is 5.30. The summed E-state index contributed by atoms with van der Waals surface area (Å²) >= 11 is 7.42. The van der Waals surface area contributed by atoms with Gasteiger partial charge in [0.1, 0.15) is 5.03 Å². The molecule has 5 heteroatoms. The maximum Gasteiger partial charge on any atom is 0.235 e. The number of halogens is 1. The van der Waals surface area contributed by atoms with Gasteiger partial charge in [-0.1, -0.05) is 23.4 Å². The number of hydrogen-bond acceptors (Lipinski definition) is 3. The van der Waals surface area contributed by atoms with Gasteiger partial charge in [0.15, 0.2) is 0 Å². The number of aromatic nitrogens is 1. The molecule has 0 aromatic carbocycles. The Morgan fingerprint density at radius 1 is 1.53 bits per heavy atom. The third-order valence-electron chi connectivity index (χ3n) is 2.44. The molecule has 0 aliphatic rings. The van der Waals surface area contributed by atoms with E-state index in [2.05, 4.69) is 4.98 Å². The maximum absolute atomic E-state index is 12.1. The Kier molecular flexibility index (Phi) is 5.78. The monoisotopic (exact) mass is 272 g/mol. The Bertz CT molecular complexity index is 383. The van der Waals surface area contributed by atoms with Crippen LogP contribution in [0.5, 0.6) is 0 Å². The Morgan fingerprint density at radius 2 is 2.18 bits per heavy atom. The van der Waals surface area contributed by atoms with E-state index in [1.54, 1.807) is 18.3 Å². The molecule has 0 spiro atoms. The fourth-order valence-electron chi connectivity index (χ4n) is 1.47. The van der Waals surface area contributed by atoms with Crippen molar-refractivity contribution in [1.29, 1.82) is 0 Å². The van der Waals surface area contributed by atoms with Gasteiger partial charge in [0, 0.05) is 19.3 Å². The van der Waals surface area contributed by atoms with E-state index in [1.165, 1.54) is 11.8 Å². The van der Waals surface area contributed by atoms with Crippen LogP contribution in [0.4, 0.5) is 0 Å². The van der Waals surface area contributed by atoms with Gasteiger partial charge in [-0.25, -0.2) is 4.98 Å². The first kappa shape index (κ1) is 14.3. The van der Waals surface area contributed by atoms with Gasteiger partial charge < -0.3 is 4.90 Å². The molecule has 0 aliphatic carbocycles. The molecular weight excluding hydrogens is 256 g/mol. The molecule has 1 aromatic rings. The molecule has 17 heavy (non-hydrogen) atoms. The zero-order valence-electron chi connectivity index (χ0n) is 10.3. The Labute approximate surface area is 112 Å². The van der Waals surface area contributed by atoms with Crippen molar-refractivity contribution in [3.63, 3.8) is 0 Å². The maximum atomic E-state index is 12.1. The summed E-state index contributed by atoms with van der Waals surface area (Å²) in [5, 5.41) is 1.14. The van der Waals surface area contributed by atoms with Crippen molar-refractivity contribution in [3.05, 3.63) is 23.4 Å². The third-order valence-corrected chi connectivity index (χ3v) is 3.96. The van der Waals surface area contributed by atoms with Crippen LogP contribution in [-0.2, 0) is 4.79 Å². The van der Waals surface area contributed by atoms with E-state index in [9.17, 15) is 4.79 Å². The molecule has 0 bridgehead atoms. The van der Waals surface area contributed by atoms with Gasteiger partial charge in [-0.2, -0.15) is 0 Å². The smallest absolute Gasteiger partial charge is 0.235 e. The Morgan fingerprint density at radius 3 is 2.71 bits per heavy atom. The first-order valence-electron chi connectivity index (χ1n) is 5.66. The summed E-state index contributed by atoms with van der Waals surface area (Å²) < 4.78 is 0. The van der Waals surface area contributed by atoms with Gasteiger partial charge in [-0.15, -0.1) is 0 Å². The predicted molar refractivity (Wildman–Crippen MR) is 72.5 cm³/mol. The van der Waals surface area contributed by atoms with E-state index in [0.29, 0.717) is 10.0 Å². The van der Waals surface area contributed by atoms with E-state index in [0.717, 1.165) is 13.1 Å². The Hall–Kier alpha value is -0.740. The van der Waals surface area contributed by atoms with Crippen molar-refractivity contribution in [2.24, 2.45) is 0 Å². The molecule has 1 rings (SSSR count). The first-order chi connectivity index (χ1) is 8.10. The molecule has 1 unspecified atom stereocenters. The van der Waals surface area contributed by atoms with Gasteiger partial charge in [0.2, 0.25) is 5.91 Å². The second-order valence-electron chi connectivity index (χ2n) is 3.56. The number of nitrogens with zero attached hydrogens (tertiary/aromatic N) is 2. The van der Waals surface area contributed by atoms with E-state index < -0.39 is 0 Å². The number of thioether (sulfide) groups is 1. The molecule has 1 atom stereocenters. The first-order valence-corrected chi connectivity index (χ1v) is 6.91. The summed E-state index contributed by atoms with van der Waals surface area (Å²) in [4.78, 5) is 18.0. The van der Waals surface area contributed by atoms with Crippen LogP contribution in [0.3, 0.4) is 0 Å². The molecule has 0 saturated carbocycles. The number of pyridine rings is 1. The van der Waals surface area contributed by atoms with Crippen molar-refractivity contribution in [3.8, 4) is 0 Å². The van der Waals surface area contributed by atoms with Crippen LogP contribution in [0.2, 0.25) is 5.02 Å². The second kappa shape index (κ2) is 6.87. The lowest BCUT2D eigenvalue weighted by molar-refractivity contribution is -0.129. The summed E-state index contributed by atoms with van der Waals surface area (Å²) in [6.07, 6.45) is 1.68. The van der Waals surface area contributed by atoms with Crippen LogP contribution >= 0.6 is 23.4 Å². The number of carbonyl (C=O) groups excluding carboxylic acids is 1. The van der Waals surface area contributed by atoms with Gasteiger partial charge in [-0.05, 0) is 32.9 Å². The molecule has 3 nitrogen and oxygen atoms in total. The zero-order chi connectivity index (χ0) is 12.8. The topological polar surface area (TPSA) is 33.2 Å². The number of hydrogen-bond donors (Lipinski definition) is 0. The molecule has 94 valence electrons. The lowest BCUT2D eigenvalue weighted by atomic mass is 10.4. The quantitative estimate of drug-likeness (QED) is 0.773. The molecule has 0 radical (unpaired) electrons. The van der Waals surface area contributed by atoms with E-state index in [1.807, 2.05) is 25.7 Å². The molecule has 0 saturated heterocycles. The third kappa shape index (κ3) is 3.89. The van der Waals surface area contributed by atoms with Crippen molar-refractivity contribution >= 4 is 29.3 Å². The summed E-state index contributed by atoms with van der Waals surface area (Å²) in [7, 11) is 0. The highest BCUT2D eigenvalue weighted by molar-refractivity contribution is 8.00. The van der Waals surface area contributed by atoms with Gasteiger partial charge in [0.05, 0.1) is 10.3 Å². The molecule has 0 N–H and O–H groups in total.